The number of piperidine rings is 1. The molecule has 5 aromatic rings. The number of amides is 2. The molecule has 3 atom stereocenters. The molecule has 1 saturated heterocycles. The summed E-state index contributed by atoms with van der Waals surface area (Å²) in [7, 11) is 3.41. The van der Waals surface area contributed by atoms with E-state index >= 15 is 0 Å². The van der Waals surface area contributed by atoms with Crippen molar-refractivity contribution in [1.82, 2.24) is 35.1 Å². The van der Waals surface area contributed by atoms with E-state index in [9.17, 15) is 9.59 Å². The number of nitrogens with zero attached hydrogens (tertiary/aromatic N) is 4. The summed E-state index contributed by atoms with van der Waals surface area (Å²) in [5, 5.41) is 4.83. The largest absolute Gasteiger partial charge is 0.453 e. The number of hydrogen-bond donors (Lipinski definition) is 3. The summed E-state index contributed by atoms with van der Waals surface area (Å²) < 4.78 is 4.64. The molecule has 10 heteroatoms. The number of imidazole rings is 2. The van der Waals surface area contributed by atoms with Gasteiger partial charge >= 0.3 is 6.09 Å². The van der Waals surface area contributed by atoms with Crippen LogP contribution in [0, 0.1) is 5.92 Å². The maximum Gasteiger partial charge on any atom is 0.407 e. The van der Waals surface area contributed by atoms with Crippen LogP contribution in [0.15, 0.2) is 73.1 Å². The van der Waals surface area contributed by atoms with Gasteiger partial charge in [0.1, 0.15) is 18.2 Å². The third-order valence-corrected chi connectivity index (χ3v) is 9.65. The van der Waals surface area contributed by atoms with Gasteiger partial charge in [-0.05, 0) is 84.8 Å². The molecule has 1 aliphatic heterocycles. The molecule has 10 nitrogen and oxygen atoms in total. The second-order valence-electron chi connectivity index (χ2n) is 12.8. The number of benzene rings is 3. The van der Waals surface area contributed by atoms with E-state index in [-0.39, 0.29) is 24.5 Å². The predicted octanol–water partition coefficient (Wildman–Crippen LogP) is 6.54. The van der Waals surface area contributed by atoms with Crippen LogP contribution in [-0.2, 0) is 16.1 Å². The van der Waals surface area contributed by atoms with Gasteiger partial charge in [0.25, 0.3) is 0 Å². The van der Waals surface area contributed by atoms with Crippen LogP contribution in [0.1, 0.15) is 50.3 Å². The molecule has 1 saturated carbocycles. The number of rotatable bonds is 10. The molecule has 242 valence electrons. The Morgan fingerprint density at radius 2 is 1.60 bits per heavy atom. The second kappa shape index (κ2) is 13.0. The molecule has 3 N–H and O–H groups in total. The van der Waals surface area contributed by atoms with Crippen LogP contribution < -0.4 is 5.32 Å². The molecule has 3 aromatic carbocycles. The maximum absolute atomic E-state index is 13.1. The van der Waals surface area contributed by atoms with E-state index in [1.54, 1.807) is 0 Å². The van der Waals surface area contributed by atoms with Crippen LogP contribution in [0.4, 0.5) is 4.79 Å². The fourth-order valence-corrected chi connectivity index (χ4v) is 7.38. The van der Waals surface area contributed by atoms with Crippen LogP contribution in [0.5, 0.6) is 0 Å². The Balaban J connectivity index is 1.06. The van der Waals surface area contributed by atoms with Gasteiger partial charge in [-0.3, -0.25) is 9.69 Å². The van der Waals surface area contributed by atoms with Crippen molar-refractivity contribution >= 4 is 22.8 Å². The smallest absolute Gasteiger partial charge is 0.407 e. The minimum Gasteiger partial charge on any atom is -0.453 e. The summed E-state index contributed by atoms with van der Waals surface area (Å²) in [6, 6.07) is 21.7. The fourth-order valence-electron chi connectivity index (χ4n) is 7.38. The predicted molar refractivity (Wildman–Crippen MR) is 182 cm³/mol. The third kappa shape index (κ3) is 6.25. The Morgan fingerprint density at radius 3 is 2.36 bits per heavy atom. The lowest BCUT2D eigenvalue weighted by Gasteiger charge is -2.34. The van der Waals surface area contributed by atoms with E-state index in [4.69, 9.17) is 4.98 Å². The first kappa shape index (κ1) is 30.7. The molecule has 1 aliphatic carbocycles. The number of likely N-dealkylation sites (tertiary alicyclic amines) is 1. The monoisotopic (exact) mass is 631 g/mol. The Bertz CT molecular complexity index is 1900. The number of methoxy groups -OCH3 is 1. The van der Waals surface area contributed by atoms with Crippen LogP contribution in [0.2, 0.25) is 0 Å². The third-order valence-electron chi connectivity index (χ3n) is 9.65. The number of fused-ring (bicyclic) bond motifs is 3. The summed E-state index contributed by atoms with van der Waals surface area (Å²) >= 11 is 0. The Kier molecular flexibility index (Phi) is 8.51. The first-order chi connectivity index (χ1) is 22.9. The van der Waals surface area contributed by atoms with Crippen molar-refractivity contribution in [3.05, 3.63) is 84.7 Å². The van der Waals surface area contributed by atoms with Crippen LogP contribution >= 0.6 is 0 Å². The zero-order chi connectivity index (χ0) is 32.5. The molecular formula is C37H41N7O3. The summed E-state index contributed by atoms with van der Waals surface area (Å²) in [5.74, 6) is 2.03. The lowest BCUT2D eigenvalue weighted by molar-refractivity contribution is -0.134. The van der Waals surface area contributed by atoms with Gasteiger partial charge in [0, 0.05) is 11.6 Å². The molecule has 0 spiro atoms. The van der Waals surface area contributed by atoms with Gasteiger partial charge in [-0.2, -0.15) is 0 Å². The molecular weight excluding hydrogens is 590 g/mol. The number of aromatic nitrogens is 4. The number of hydrogen-bond acceptors (Lipinski definition) is 6. The van der Waals surface area contributed by atoms with Crippen molar-refractivity contribution in [1.29, 1.82) is 0 Å². The maximum atomic E-state index is 13.1. The van der Waals surface area contributed by atoms with E-state index in [1.165, 1.54) is 7.11 Å². The van der Waals surface area contributed by atoms with E-state index in [1.807, 2.05) is 17.3 Å². The normalized spacial score (nSPS) is 18.7. The molecule has 2 fully saturated rings. The van der Waals surface area contributed by atoms with Gasteiger partial charge in [0.05, 0.1) is 43.5 Å². The number of aromatic amines is 2. The van der Waals surface area contributed by atoms with Crippen molar-refractivity contribution in [3.8, 4) is 33.6 Å². The van der Waals surface area contributed by atoms with Gasteiger partial charge in [0.2, 0.25) is 5.91 Å². The number of carbonyl (C=O) groups excluding carboxylic acids is 2. The summed E-state index contributed by atoms with van der Waals surface area (Å²) in [6.45, 7) is 3.96. The van der Waals surface area contributed by atoms with Crippen LogP contribution in [0.25, 0.3) is 44.4 Å². The highest BCUT2D eigenvalue weighted by atomic mass is 16.5. The molecule has 7 rings (SSSR count). The molecule has 2 aromatic heterocycles. The standard InChI is InChI=1S/C37H41N7O3/c1-4-15-43(2)22-33-38-19-31(41-33)24-7-5-23(6-8-24)25-9-10-27-17-28(12-11-26(27)16-25)32-20-39-36(42-32)35-29-13-14-30(18-29)44(35)34(45)21-40-37(46)47-3/h5-12,16-17,19-20,29-30,35H,4,13-15,18,21-22H2,1-3H3,(H,38,41)(H,39,42)(H,40,46)/t29-,30+,35?/m0/s1. The number of alkyl carbamates (subject to hydrolysis) is 1. The van der Waals surface area contributed by atoms with Gasteiger partial charge in [0.15, 0.2) is 0 Å². The van der Waals surface area contributed by atoms with Gasteiger partial charge in [-0.1, -0.05) is 55.5 Å². The van der Waals surface area contributed by atoms with Crippen molar-refractivity contribution in [2.45, 2.75) is 51.2 Å². The van der Waals surface area contributed by atoms with Crippen molar-refractivity contribution in [3.63, 3.8) is 0 Å². The van der Waals surface area contributed by atoms with E-state index in [2.05, 4.69) is 105 Å². The first-order valence-electron chi connectivity index (χ1n) is 16.5. The topological polar surface area (TPSA) is 119 Å². The molecule has 47 heavy (non-hydrogen) atoms. The zero-order valence-corrected chi connectivity index (χ0v) is 27.1. The molecule has 3 heterocycles. The minimum atomic E-state index is -0.605. The lowest BCUT2D eigenvalue weighted by Crippen LogP contribution is -2.45. The SMILES string of the molecule is CCCN(C)Cc1ncc(-c2ccc(-c3ccc4cc(-c5cnc(C6[C@H]7CC[C@H](C7)N6C(=O)CNC(=O)OC)[nH]5)ccc4c3)cc2)[nH]1. The van der Waals surface area contributed by atoms with Crippen molar-refractivity contribution in [2.24, 2.45) is 5.92 Å². The number of nitrogens with one attached hydrogen (secondary N) is 3. The second-order valence-corrected chi connectivity index (χ2v) is 12.8. The van der Waals surface area contributed by atoms with Gasteiger partial charge in [-0.15, -0.1) is 0 Å². The molecule has 0 radical (unpaired) electrons. The zero-order valence-electron chi connectivity index (χ0n) is 27.1. The minimum absolute atomic E-state index is 0.0843. The summed E-state index contributed by atoms with van der Waals surface area (Å²) in [6.07, 6.45) is 7.31. The molecule has 1 unspecified atom stereocenters. The van der Waals surface area contributed by atoms with Crippen LogP contribution in [-0.4, -0.2) is 75.0 Å². The average Bonchev–Trinajstić information content (AvgIpc) is 3.92. The number of carbonyl (C=O) groups is 2. The Hall–Kier alpha value is -4.96. The van der Waals surface area contributed by atoms with Gasteiger partial charge in [-0.25, -0.2) is 14.8 Å². The highest BCUT2D eigenvalue weighted by Crippen LogP contribution is 2.49. The summed E-state index contributed by atoms with van der Waals surface area (Å²) in [5.41, 5.74) is 6.43. The lowest BCUT2D eigenvalue weighted by atomic mass is 9.97. The molecule has 2 aliphatic rings. The molecule has 2 amide bonds. The van der Waals surface area contributed by atoms with Gasteiger partial charge < -0.3 is 24.9 Å². The quantitative estimate of drug-likeness (QED) is 0.161. The van der Waals surface area contributed by atoms with Crippen molar-refractivity contribution in [2.75, 3.05) is 27.2 Å². The van der Waals surface area contributed by atoms with Crippen molar-refractivity contribution < 1.29 is 14.3 Å². The van der Waals surface area contributed by atoms with E-state index in [0.717, 1.165) is 94.8 Å². The molecule has 2 bridgehead atoms. The fraction of sp³-hybridized carbons (Fsp3) is 0.351. The highest BCUT2D eigenvalue weighted by molar-refractivity contribution is 5.90. The average molecular weight is 632 g/mol. The number of ether oxygens (including phenoxy) is 1. The van der Waals surface area contributed by atoms with E-state index in [0.29, 0.717) is 5.92 Å². The first-order valence-corrected chi connectivity index (χ1v) is 16.5. The Morgan fingerprint density at radius 1 is 0.915 bits per heavy atom. The highest BCUT2D eigenvalue weighted by Gasteiger charge is 2.49. The Labute approximate surface area is 274 Å². The van der Waals surface area contributed by atoms with E-state index < -0.39 is 6.09 Å². The number of H-pyrrole nitrogens is 2. The summed E-state index contributed by atoms with van der Waals surface area (Å²) in [4.78, 5) is 45.2. The van der Waals surface area contributed by atoms with Crippen LogP contribution in [0.3, 0.4) is 0 Å².